The highest BCUT2D eigenvalue weighted by Gasteiger charge is 2.62. The summed E-state index contributed by atoms with van der Waals surface area (Å²) in [6.07, 6.45) is -23.6. The van der Waals surface area contributed by atoms with Crippen molar-refractivity contribution in [2.75, 3.05) is 0 Å². The predicted octanol–water partition coefficient (Wildman–Crippen LogP) is 4.75. The Morgan fingerprint density at radius 2 is 0.909 bits per heavy atom. The largest absolute Gasteiger partial charge is 0.499 e. The Bertz CT molecular complexity index is 476. The van der Waals surface area contributed by atoms with Gasteiger partial charge in [-0.1, -0.05) is 6.07 Å². The van der Waals surface area contributed by atoms with Crippen LogP contribution in [0, 0.1) is 0 Å². The summed E-state index contributed by atoms with van der Waals surface area (Å²) in [7, 11) is 0. The fourth-order valence-corrected chi connectivity index (χ4v) is 1.01. The van der Waals surface area contributed by atoms with Gasteiger partial charge >= 0.3 is 24.6 Å². The average molecular weight is 346 g/mol. The van der Waals surface area contributed by atoms with E-state index < -0.39 is 36.1 Å². The Balaban J connectivity index is 2.97. The van der Waals surface area contributed by atoms with Crippen molar-refractivity contribution < 1.29 is 53.4 Å². The minimum absolute atomic E-state index is 0.0271. The molecule has 0 atom stereocenters. The van der Waals surface area contributed by atoms with E-state index in [0.717, 1.165) is 0 Å². The van der Waals surface area contributed by atoms with Crippen LogP contribution in [0.1, 0.15) is 0 Å². The van der Waals surface area contributed by atoms with Crippen LogP contribution in [0.4, 0.5) is 43.9 Å². The van der Waals surface area contributed by atoms with Crippen LogP contribution in [0.5, 0.6) is 11.5 Å². The van der Waals surface area contributed by atoms with Gasteiger partial charge in [0, 0.05) is 6.07 Å². The Labute approximate surface area is 115 Å². The summed E-state index contributed by atoms with van der Waals surface area (Å²) in [4.78, 5) is 0. The van der Waals surface area contributed by atoms with Gasteiger partial charge in [-0.05, 0) is 12.1 Å². The number of rotatable bonds is 4. The fraction of sp³-hybridized carbons (Fsp3) is 0.400. The second kappa shape index (κ2) is 5.39. The molecule has 126 valence electrons. The summed E-state index contributed by atoms with van der Waals surface area (Å²) in [5, 5.41) is 0. The van der Waals surface area contributed by atoms with E-state index in [1.54, 1.807) is 0 Å². The van der Waals surface area contributed by atoms with Crippen LogP contribution >= 0.6 is 0 Å². The molecular weight excluding hydrogens is 342 g/mol. The Morgan fingerprint density at radius 1 is 0.591 bits per heavy atom. The molecule has 2 nitrogen and oxygen atoms in total. The lowest BCUT2D eigenvalue weighted by molar-refractivity contribution is -0.362. The summed E-state index contributed by atoms with van der Waals surface area (Å²) in [6.45, 7) is 0. The molecule has 0 aromatic heterocycles. The molecule has 1 aromatic carbocycles. The first kappa shape index (κ1) is 18.2. The second-order valence-electron chi connectivity index (χ2n) is 3.71. The van der Waals surface area contributed by atoms with Gasteiger partial charge in [-0.3, -0.25) is 0 Å². The van der Waals surface area contributed by atoms with Crippen molar-refractivity contribution in [3.05, 3.63) is 24.3 Å². The van der Waals surface area contributed by atoms with E-state index in [0.29, 0.717) is 18.2 Å². The molecule has 0 spiro atoms. The number of hydrogen-bond donors (Lipinski definition) is 0. The van der Waals surface area contributed by atoms with E-state index in [4.69, 9.17) is 0 Å². The molecule has 0 bridgehead atoms. The van der Waals surface area contributed by atoms with E-state index in [-0.39, 0.29) is 6.07 Å². The SMILES string of the molecule is FC(F)(F)C(F)(F)Oc1cccc(OC(F)(F)C(F)(F)F)c1. The van der Waals surface area contributed by atoms with Gasteiger partial charge in [0.05, 0.1) is 0 Å². The zero-order valence-corrected chi connectivity index (χ0v) is 9.91. The van der Waals surface area contributed by atoms with Gasteiger partial charge in [0.1, 0.15) is 11.5 Å². The van der Waals surface area contributed by atoms with Crippen molar-refractivity contribution in [3.8, 4) is 11.5 Å². The molecule has 0 aliphatic carbocycles. The second-order valence-corrected chi connectivity index (χ2v) is 3.71. The van der Waals surface area contributed by atoms with Crippen molar-refractivity contribution >= 4 is 0 Å². The van der Waals surface area contributed by atoms with E-state index in [9.17, 15) is 43.9 Å². The van der Waals surface area contributed by atoms with Crippen molar-refractivity contribution in [2.24, 2.45) is 0 Å². The molecule has 0 fully saturated rings. The molecule has 0 aliphatic rings. The van der Waals surface area contributed by atoms with Gasteiger partial charge in [0.15, 0.2) is 0 Å². The van der Waals surface area contributed by atoms with Gasteiger partial charge < -0.3 is 9.47 Å². The number of ether oxygens (including phenoxy) is 2. The smallest absolute Gasteiger partial charge is 0.426 e. The van der Waals surface area contributed by atoms with Crippen LogP contribution < -0.4 is 9.47 Å². The molecule has 0 unspecified atom stereocenters. The molecule has 0 heterocycles. The zero-order chi connectivity index (χ0) is 17.4. The molecule has 1 aromatic rings. The van der Waals surface area contributed by atoms with Crippen molar-refractivity contribution in [3.63, 3.8) is 0 Å². The fourth-order valence-electron chi connectivity index (χ4n) is 1.01. The first-order valence-corrected chi connectivity index (χ1v) is 5.03. The third-order valence-corrected chi connectivity index (χ3v) is 1.96. The Hall–Kier alpha value is -1.88. The average Bonchev–Trinajstić information content (AvgIpc) is 2.24. The molecule has 0 saturated heterocycles. The first-order chi connectivity index (χ1) is 9.66. The lowest BCUT2D eigenvalue weighted by Gasteiger charge is -2.22. The molecule has 22 heavy (non-hydrogen) atoms. The predicted molar refractivity (Wildman–Crippen MR) is 49.7 cm³/mol. The topological polar surface area (TPSA) is 18.5 Å². The van der Waals surface area contributed by atoms with Crippen molar-refractivity contribution in [2.45, 2.75) is 24.6 Å². The van der Waals surface area contributed by atoms with Crippen LogP contribution in [0.25, 0.3) is 0 Å². The lowest BCUT2D eigenvalue weighted by Crippen LogP contribution is -2.42. The molecule has 12 heteroatoms. The maximum absolute atomic E-state index is 12.6. The van der Waals surface area contributed by atoms with E-state index in [2.05, 4.69) is 9.47 Å². The number of hydrogen-bond acceptors (Lipinski definition) is 2. The van der Waals surface area contributed by atoms with Crippen LogP contribution in [-0.2, 0) is 0 Å². The molecule has 0 radical (unpaired) electrons. The highest BCUT2D eigenvalue weighted by molar-refractivity contribution is 5.33. The van der Waals surface area contributed by atoms with Crippen LogP contribution in [0.15, 0.2) is 24.3 Å². The van der Waals surface area contributed by atoms with Gasteiger partial charge in [0.25, 0.3) is 0 Å². The summed E-state index contributed by atoms with van der Waals surface area (Å²) in [5.41, 5.74) is 0. The number of alkyl halides is 10. The van der Waals surface area contributed by atoms with Crippen molar-refractivity contribution in [1.29, 1.82) is 0 Å². The minimum atomic E-state index is -6.11. The van der Waals surface area contributed by atoms with Crippen molar-refractivity contribution in [1.82, 2.24) is 0 Å². The maximum Gasteiger partial charge on any atom is 0.499 e. The summed E-state index contributed by atoms with van der Waals surface area (Å²) in [5.74, 6) is -2.64. The molecular formula is C10H4F10O2. The zero-order valence-electron chi connectivity index (χ0n) is 9.91. The molecule has 0 N–H and O–H groups in total. The van der Waals surface area contributed by atoms with E-state index in [1.165, 1.54) is 0 Å². The minimum Gasteiger partial charge on any atom is -0.426 e. The molecule has 0 saturated carbocycles. The summed E-state index contributed by atoms with van der Waals surface area (Å²) >= 11 is 0. The highest BCUT2D eigenvalue weighted by Crippen LogP contribution is 2.40. The van der Waals surface area contributed by atoms with Gasteiger partial charge in [-0.15, -0.1) is 0 Å². The number of benzene rings is 1. The quantitative estimate of drug-likeness (QED) is 0.733. The third kappa shape index (κ3) is 4.07. The standard InChI is InChI=1S/C10H4F10O2/c11-7(12,13)9(17,18)21-5-2-1-3-6(4-5)22-10(19,20)8(14,15)16/h1-4H. The van der Waals surface area contributed by atoms with E-state index >= 15 is 0 Å². The van der Waals surface area contributed by atoms with Gasteiger partial charge in [-0.2, -0.15) is 43.9 Å². The molecule has 0 amide bonds. The van der Waals surface area contributed by atoms with E-state index in [1.807, 2.05) is 0 Å². The normalized spacial score (nSPS) is 13.9. The molecule has 0 aliphatic heterocycles. The molecule has 1 rings (SSSR count). The van der Waals surface area contributed by atoms with Crippen LogP contribution in [0.2, 0.25) is 0 Å². The first-order valence-electron chi connectivity index (χ1n) is 5.03. The van der Waals surface area contributed by atoms with Gasteiger partial charge in [0.2, 0.25) is 0 Å². The summed E-state index contributed by atoms with van der Waals surface area (Å²) < 4.78 is 128. The highest BCUT2D eigenvalue weighted by atomic mass is 19.4. The summed E-state index contributed by atoms with van der Waals surface area (Å²) in [6, 6.07) is 1.58. The van der Waals surface area contributed by atoms with Gasteiger partial charge in [-0.25, -0.2) is 0 Å². The Morgan fingerprint density at radius 3 is 1.18 bits per heavy atom. The number of halogens is 10. The van der Waals surface area contributed by atoms with Crippen LogP contribution in [0.3, 0.4) is 0 Å². The lowest BCUT2D eigenvalue weighted by atomic mass is 10.3. The maximum atomic E-state index is 12.6. The third-order valence-electron chi connectivity index (χ3n) is 1.96. The monoisotopic (exact) mass is 346 g/mol. The Kier molecular flexibility index (Phi) is 4.45. The van der Waals surface area contributed by atoms with Crippen LogP contribution in [-0.4, -0.2) is 24.6 Å².